The second-order valence-electron chi connectivity index (χ2n) is 5.02. The van der Waals surface area contributed by atoms with Gasteiger partial charge in [0.15, 0.2) is 0 Å². The molecule has 118 valence electrons. The molecule has 0 spiro atoms. The molecule has 0 aromatic rings. The van der Waals surface area contributed by atoms with E-state index in [-0.39, 0.29) is 17.1 Å². The first-order valence-electron chi connectivity index (χ1n) is 7.58. The average Bonchev–Trinajstić information content (AvgIpc) is 2.33. The van der Waals surface area contributed by atoms with Crippen molar-refractivity contribution in [3.05, 3.63) is 0 Å². The standard InChI is InChI=1S/C14H31O3P.Fe/c1-3-5-7-9-11-13-17-18(15,16)14-12-10-8-6-4-2;/h3-14H2,1-2H3,(H,15,16);. The predicted molar refractivity (Wildman–Crippen MR) is 78.2 cm³/mol. The van der Waals surface area contributed by atoms with Gasteiger partial charge in [-0.2, -0.15) is 0 Å². The molecule has 0 aliphatic rings. The van der Waals surface area contributed by atoms with Crippen molar-refractivity contribution in [2.24, 2.45) is 0 Å². The zero-order valence-corrected chi connectivity index (χ0v) is 14.5. The molecule has 5 heteroatoms. The smallest absolute Gasteiger partial charge is 0.324 e. The van der Waals surface area contributed by atoms with Gasteiger partial charge in [-0.25, -0.2) is 0 Å². The molecule has 0 radical (unpaired) electrons. The average molecular weight is 334 g/mol. The Morgan fingerprint density at radius 1 is 0.842 bits per heavy atom. The van der Waals surface area contributed by atoms with Gasteiger partial charge in [0.25, 0.3) is 0 Å². The summed E-state index contributed by atoms with van der Waals surface area (Å²) in [5.74, 6) is 0. The molecule has 0 aromatic carbocycles. The zero-order chi connectivity index (χ0) is 13.7. The van der Waals surface area contributed by atoms with Crippen LogP contribution in [0.2, 0.25) is 0 Å². The maximum Gasteiger partial charge on any atom is 0.328 e. The third-order valence-electron chi connectivity index (χ3n) is 3.09. The molecule has 0 aliphatic carbocycles. The van der Waals surface area contributed by atoms with E-state index in [4.69, 9.17) is 4.52 Å². The van der Waals surface area contributed by atoms with Crippen molar-refractivity contribution in [2.75, 3.05) is 12.8 Å². The van der Waals surface area contributed by atoms with E-state index in [1.165, 1.54) is 32.1 Å². The van der Waals surface area contributed by atoms with Crippen LogP contribution >= 0.6 is 7.60 Å². The van der Waals surface area contributed by atoms with Gasteiger partial charge in [-0.05, 0) is 12.8 Å². The maximum atomic E-state index is 11.7. The van der Waals surface area contributed by atoms with Crippen LogP contribution in [0.4, 0.5) is 0 Å². The summed E-state index contributed by atoms with van der Waals surface area (Å²) < 4.78 is 16.8. The molecule has 0 saturated heterocycles. The third kappa shape index (κ3) is 16.6. The van der Waals surface area contributed by atoms with Crippen LogP contribution in [0.25, 0.3) is 0 Å². The van der Waals surface area contributed by atoms with Gasteiger partial charge in [0.2, 0.25) is 0 Å². The van der Waals surface area contributed by atoms with Gasteiger partial charge in [0, 0.05) is 23.2 Å². The number of unbranched alkanes of at least 4 members (excludes halogenated alkanes) is 8. The Morgan fingerprint density at radius 3 is 1.84 bits per heavy atom. The fourth-order valence-corrected chi connectivity index (χ4v) is 3.06. The molecular weight excluding hydrogens is 303 g/mol. The summed E-state index contributed by atoms with van der Waals surface area (Å²) in [5.41, 5.74) is 0. The summed E-state index contributed by atoms with van der Waals surface area (Å²) in [6.07, 6.45) is 11.4. The van der Waals surface area contributed by atoms with Crippen molar-refractivity contribution in [1.82, 2.24) is 0 Å². The first-order valence-corrected chi connectivity index (χ1v) is 9.35. The van der Waals surface area contributed by atoms with E-state index < -0.39 is 7.60 Å². The van der Waals surface area contributed by atoms with Crippen LogP contribution in [0.3, 0.4) is 0 Å². The quantitative estimate of drug-likeness (QED) is 0.289. The van der Waals surface area contributed by atoms with Gasteiger partial charge in [-0.3, -0.25) is 4.57 Å². The normalized spacial score (nSPS) is 13.8. The molecule has 0 amide bonds. The molecule has 0 heterocycles. The predicted octanol–water partition coefficient (Wildman–Crippen LogP) is 5.13. The Hall–Kier alpha value is 0.669. The van der Waals surface area contributed by atoms with Crippen LogP contribution in [0.5, 0.6) is 0 Å². The van der Waals surface area contributed by atoms with Gasteiger partial charge in [-0.1, -0.05) is 65.2 Å². The summed E-state index contributed by atoms with van der Waals surface area (Å²) in [7, 11) is -3.30. The molecule has 0 aromatic heterocycles. The van der Waals surface area contributed by atoms with E-state index in [9.17, 15) is 9.46 Å². The molecule has 1 unspecified atom stereocenters. The maximum absolute atomic E-state index is 11.7. The first kappa shape index (κ1) is 22.0. The van der Waals surface area contributed by atoms with Crippen LogP contribution in [0, 0.1) is 0 Å². The Morgan fingerprint density at radius 2 is 1.32 bits per heavy atom. The number of rotatable bonds is 13. The molecule has 3 nitrogen and oxygen atoms in total. The van der Waals surface area contributed by atoms with Crippen molar-refractivity contribution in [3.8, 4) is 0 Å². The second-order valence-corrected chi connectivity index (χ2v) is 7.00. The number of hydrogen-bond acceptors (Lipinski definition) is 2. The zero-order valence-electron chi connectivity index (χ0n) is 12.5. The van der Waals surface area contributed by atoms with Crippen LogP contribution in [-0.4, -0.2) is 17.7 Å². The summed E-state index contributed by atoms with van der Waals surface area (Å²) in [6, 6.07) is 0. The minimum absolute atomic E-state index is 0. The molecule has 0 rings (SSSR count). The molecule has 0 bridgehead atoms. The Bertz CT molecular complexity index is 225. The second kappa shape index (κ2) is 15.1. The van der Waals surface area contributed by atoms with E-state index in [1.54, 1.807) is 0 Å². The van der Waals surface area contributed by atoms with Crippen molar-refractivity contribution >= 4 is 7.60 Å². The molecule has 1 N–H and O–H groups in total. The van der Waals surface area contributed by atoms with Crippen molar-refractivity contribution < 1.29 is 31.1 Å². The van der Waals surface area contributed by atoms with Gasteiger partial charge >= 0.3 is 7.60 Å². The molecule has 0 aliphatic heterocycles. The van der Waals surface area contributed by atoms with Gasteiger partial charge < -0.3 is 9.42 Å². The monoisotopic (exact) mass is 334 g/mol. The van der Waals surface area contributed by atoms with E-state index in [0.717, 1.165) is 32.1 Å². The minimum Gasteiger partial charge on any atom is -0.324 e. The van der Waals surface area contributed by atoms with Crippen molar-refractivity contribution in [3.63, 3.8) is 0 Å². The van der Waals surface area contributed by atoms with Gasteiger partial charge in [-0.15, -0.1) is 0 Å². The molecule has 0 saturated carbocycles. The van der Waals surface area contributed by atoms with E-state index in [0.29, 0.717) is 12.8 Å². The summed E-state index contributed by atoms with van der Waals surface area (Å²) in [5, 5.41) is 0. The van der Waals surface area contributed by atoms with Crippen LogP contribution in [0.15, 0.2) is 0 Å². The van der Waals surface area contributed by atoms with E-state index in [2.05, 4.69) is 13.8 Å². The summed E-state index contributed by atoms with van der Waals surface area (Å²) >= 11 is 0. The molecule has 19 heavy (non-hydrogen) atoms. The fraction of sp³-hybridized carbons (Fsp3) is 1.00. The molecule has 1 atom stereocenters. The van der Waals surface area contributed by atoms with E-state index in [1.807, 2.05) is 0 Å². The van der Waals surface area contributed by atoms with Crippen LogP contribution in [0.1, 0.15) is 78.1 Å². The summed E-state index contributed by atoms with van der Waals surface area (Å²) in [4.78, 5) is 9.61. The Balaban J connectivity index is 0. The SMILES string of the molecule is CCCCCCCOP(=O)(O)CCCCCCC.[Fe]. The molecule has 0 fully saturated rings. The number of hydrogen-bond donors (Lipinski definition) is 1. The molecular formula is C14H31FeO3P. The first-order chi connectivity index (χ1) is 8.62. The van der Waals surface area contributed by atoms with Crippen LogP contribution in [-0.2, 0) is 26.2 Å². The van der Waals surface area contributed by atoms with E-state index >= 15 is 0 Å². The fourth-order valence-electron chi connectivity index (χ4n) is 1.89. The Kier molecular flexibility index (Phi) is 17.4. The summed E-state index contributed by atoms with van der Waals surface area (Å²) in [6.45, 7) is 4.78. The minimum atomic E-state index is -3.30. The topological polar surface area (TPSA) is 46.5 Å². The largest absolute Gasteiger partial charge is 0.328 e. The van der Waals surface area contributed by atoms with Crippen LogP contribution < -0.4 is 0 Å². The van der Waals surface area contributed by atoms with Gasteiger partial charge in [0.05, 0.1) is 6.61 Å². The van der Waals surface area contributed by atoms with Crippen molar-refractivity contribution in [1.29, 1.82) is 0 Å². The third-order valence-corrected chi connectivity index (χ3v) is 4.55. The van der Waals surface area contributed by atoms with Crippen molar-refractivity contribution in [2.45, 2.75) is 78.1 Å². The van der Waals surface area contributed by atoms with Gasteiger partial charge in [0.1, 0.15) is 0 Å². The Labute approximate surface area is 129 Å².